The summed E-state index contributed by atoms with van der Waals surface area (Å²) < 4.78 is 27.1. The zero-order valence-corrected chi connectivity index (χ0v) is 13.2. The summed E-state index contributed by atoms with van der Waals surface area (Å²) in [5, 5.41) is 3.37. The Kier molecular flexibility index (Phi) is 5.71. The predicted molar refractivity (Wildman–Crippen MR) is 82.2 cm³/mol. The van der Waals surface area contributed by atoms with Crippen LogP contribution in [0.3, 0.4) is 0 Å². The lowest BCUT2D eigenvalue weighted by Gasteiger charge is -2.37. The minimum absolute atomic E-state index is 0.0412. The highest BCUT2D eigenvalue weighted by molar-refractivity contribution is 5.22. The summed E-state index contributed by atoms with van der Waals surface area (Å²) in [7, 11) is 0. The lowest BCUT2D eigenvalue weighted by molar-refractivity contribution is 0.123. The summed E-state index contributed by atoms with van der Waals surface area (Å²) in [6.45, 7) is 9.39. The average Bonchev–Trinajstić information content (AvgIpc) is 2.45. The van der Waals surface area contributed by atoms with Crippen molar-refractivity contribution >= 4 is 0 Å². The van der Waals surface area contributed by atoms with E-state index in [2.05, 4.69) is 24.1 Å². The van der Waals surface area contributed by atoms with Crippen LogP contribution in [0.15, 0.2) is 18.2 Å². The van der Waals surface area contributed by atoms with E-state index in [0.29, 0.717) is 17.5 Å². The van der Waals surface area contributed by atoms with E-state index in [0.717, 1.165) is 25.7 Å². The number of nitrogens with one attached hydrogen (secondary N) is 1. The van der Waals surface area contributed by atoms with Crippen LogP contribution in [0.1, 0.15) is 45.2 Å². The van der Waals surface area contributed by atoms with Gasteiger partial charge in [-0.1, -0.05) is 6.07 Å². The predicted octanol–water partition coefficient (Wildman–Crippen LogP) is 3.74. The molecule has 4 heteroatoms. The van der Waals surface area contributed by atoms with E-state index >= 15 is 0 Å². The summed E-state index contributed by atoms with van der Waals surface area (Å²) in [6.07, 6.45) is 2.34. The van der Waals surface area contributed by atoms with E-state index < -0.39 is 11.6 Å². The molecule has 2 rings (SSSR count). The number of benzene rings is 1. The van der Waals surface area contributed by atoms with E-state index in [1.165, 1.54) is 18.9 Å². The van der Waals surface area contributed by atoms with E-state index in [9.17, 15) is 8.78 Å². The lowest BCUT2D eigenvalue weighted by atomic mass is 9.95. The maximum Gasteiger partial charge on any atom is 0.130 e. The van der Waals surface area contributed by atoms with Crippen LogP contribution in [0.5, 0.6) is 0 Å². The third kappa shape index (κ3) is 4.24. The Morgan fingerprint density at radius 2 is 1.86 bits per heavy atom. The molecule has 1 N–H and O–H groups in total. The number of hydrogen-bond acceptors (Lipinski definition) is 2. The first kappa shape index (κ1) is 16.4. The molecule has 0 radical (unpaired) electrons. The molecule has 1 aliphatic heterocycles. The topological polar surface area (TPSA) is 15.3 Å². The number of nitrogens with zero attached hydrogens (tertiary/aromatic N) is 1. The minimum Gasteiger partial charge on any atom is -0.317 e. The molecule has 0 amide bonds. The number of rotatable bonds is 5. The molecule has 1 atom stereocenters. The third-order valence-electron chi connectivity index (χ3n) is 4.50. The minimum atomic E-state index is -0.516. The largest absolute Gasteiger partial charge is 0.317 e. The van der Waals surface area contributed by atoms with E-state index in [1.54, 1.807) is 6.07 Å². The first-order chi connectivity index (χ1) is 9.99. The Balaban J connectivity index is 2.12. The Bertz CT molecular complexity index is 456. The van der Waals surface area contributed by atoms with Crippen molar-refractivity contribution < 1.29 is 8.78 Å². The molecule has 0 spiro atoms. The molecule has 1 aromatic carbocycles. The molecule has 1 aliphatic rings. The number of piperidine rings is 1. The van der Waals surface area contributed by atoms with E-state index in [4.69, 9.17) is 0 Å². The molecule has 118 valence electrons. The van der Waals surface area contributed by atoms with Gasteiger partial charge in [-0.3, -0.25) is 4.90 Å². The van der Waals surface area contributed by atoms with Gasteiger partial charge in [0.15, 0.2) is 0 Å². The van der Waals surface area contributed by atoms with Crippen molar-refractivity contribution in [2.75, 3.05) is 19.6 Å². The molecule has 1 saturated heterocycles. The summed E-state index contributed by atoms with van der Waals surface area (Å²) in [5.74, 6) is -0.309. The molecule has 2 nitrogen and oxygen atoms in total. The van der Waals surface area contributed by atoms with Crippen LogP contribution < -0.4 is 5.32 Å². The summed E-state index contributed by atoms with van der Waals surface area (Å²) in [6, 6.07) is 4.19. The molecule has 21 heavy (non-hydrogen) atoms. The first-order valence-electron chi connectivity index (χ1n) is 7.90. The average molecular weight is 296 g/mol. The molecular weight excluding hydrogens is 270 g/mol. The molecule has 1 unspecified atom stereocenters. The van der Waals surface area contributed by atoms with Gasteiger partial charge < -0.3 is 5.32 Å². The third-order valence-corrected chi connectivity index (χ3v) is 4.50. The van der Waals surface area contributed by atoms with Crippen molar-refractivity contribution in [3.63, 3.8) is 0 Å². The highest BCUT2D eigenvalue weighted by Gasteiger charge is 2.25. The van der Waals surface area contributed by atoms with Crippen LogP contribution in [0.2, 0.25) is 0 Å². The molecule has 1 aromatic rings. The molecule has 0 aromatic heterocycles. The monoisotopic (exact) mass is 296 g/mol. The van der Waals surface area contributed by atoms with Gasteiger partial charge in [0.1, 0.15) is 11.6 Å². The van der Waals surface area contributed by atoms with Crippen LogP contribution in [0.25, 0.3) is 0 Å². The van der Waals surface area contributed by atoms with Crippen molar-refractivity contribution in [2.24, 2.45) is 5.92 Å². The van der Waals surface area contributed by atoms with Gasteiger partial charge in [-0.05, 0) is 58.7 Å². The van der Waals surface area contributed by atoms with Crippen LogP contribution in [-0.2, 0) is 0 Å². The maximum atomic E-state index is 14.0. The maximum absolute atomic E-state index is 14.0. The van der Waals surface area contributed by atoms with Gasteiger partial charge in [0, 0.05) is 30.3 Å². The zero-order valence-electron chi connectivity index (χ0n) is 13.2. The molecule has 1 heterocycles. The van der Waals surface area contributed by atoms with Crippen molar-refractivity contribution in [3.8, 4) is 0 Å². The van der Waals surface area contributed by atoms with Crippen LogP contribution in [0, 0.1) is 17.6 Å². The normalized spacial score (nSPS) is 18.4. The van der Waals surface area contributed by atoms with Crippen LogP contribution >= 0.6 is 0 Å². The fraction of sp³-hybridized carbons (Fsp3) is 0.647. The number of hydrogen-bond donors (Lipinski definition) is 1. The summed E-state index contributed by atoms with van der Waals surface area (Å²) >= 11 is 0. The standard InChI is InChI=1S/C17H26F2N2/c1-12(2)21(11-14-6-8-20-9-7-14)13(3)16-5-4-15(18)10-17(16)19/h4-5,10,12-14,20H,6-9,11H2,1-3H3. The Hall–Kier alpha value is -1.00. The zero-order chi connectivity index (χ0) is 15.4. The number of halogens is 2. The Morgan fingerprint density at radius 1 is 1.19 bits per heavy atom. The van der Waals surface area contributed by atoms with Crippen molar-refractivity contribution in [1.82, 2.24) is 10.2 Å². The molecule has 1 fully saturated rings. The smallest absolute Gasteiger partial charge is 0.130 e. The van der Waals surface area contributed by atoms with Gasteiger partial charge in [0.05, 0.1) is 0 Å². The second kappa shape index (κ2) is 7.32. The second-order valence-corrected chi connectivity index (χ2v) is 6.33. The molecule has 0 aliphatic carbocycles. The van der Waals surface area contributed by atoms with Gasteiger partial charge in [0.25, 0.3) is 0 Å². The summed E-state index contributed by atoms with van der Waals surface area (Å²) in [4.78, 5) is 2.33. The Labute approximate surface area is 126 Å². The molecule has 0 bridgehead atoms. The van der Waals surface area contributed by atoms with Crippen molar-refractivity contribution in [2.45, 2.75) is 45.7 Å². The Morgan fingerprint density at radius 3 is 2.43 bits per heavy atom. The van der Waals surface area contributed by atoms with Gasteiger partial charge in [0.2, 0.25) is 0 Å². The van der Waals surface area contributed by atoms with Crippen molar-refractivity contribution in [1.29, 1.82) is 0 Å². The van der Waals surface area contributed by atoms with E-state index in [-0.39, 0.29) is 6.04 Å². The highest BCUT2D eigenvalue weighted by Crippen LogP contribution is 2.28. The molecular formula is C17H26F2N2. The van der Waals surface area contributed by atoms with Gasteiger partial charge in [-0.15, -0.1) is 0 Å². The second-order valence-electron chi connectivity index (χ2n) is 6.33. The van der Waals surface area contributed by atoms with Crippen LogP contribution in [-0.4, -0.2) is 30.6 Å². The van der Waals surface area contributed by atoms with Crippen LogP contribution in [0.4, 0.5) is 8.78 Å². The SMILES string of the molecule is CC(C)N(CC1CCNCC1)C(C)c1ccc(F)cc1F. The van der Waals surface area contributed by atoms with Gasteiger partial charge >= 0.3 is 0 Å². The fourth-order valence-electron chi connectivity index (χ4n) is 3.20. The fourth-order valence-corrected chi connectivity index (χ4v) is 3.20. The quantitative estimate of drug-likeness (QED) is 0.890. The highest BCUT2D eigenvalue weighted by atomic mass is 19.1. The van der Waals surface area contributed by atoms with E-state index in [1.807, 2.05) is 6.92 Å². The summed E-state index contributed by atoms with van der Waals surface area (Å²) in [5.41, 5.74) is 0.582. The van der Waals surface area contributed by atoms with Crippen molar-refractivity contribution in [3.05, 3.63) is 35.4 Å². The van der Waals surface area contributed by atoms with Gasteiger partial charge in [-0.25, -0.2) is 8.78 Å². The van der Waals surface area contributed by atoms with Gasteiger partial charge in [-0.2, -0.15) is 0 Å². The first-order valence-corrected chi connectivity index (χ1v) is 7.90. The molecule has 0 saturated carbocycles. The lowest BCUT2D eigenvalue weighted by Crippen LogP contribution is -2.41.